The molecule has 0 aromatic carbocycles. The van der Waals surface area contributed by atoms with Crippen LogP contribution in [0.5, 0.6) is 0 Å². The Hall–Kier alpha value is 0.240. The predicted molar refractivity (Wildman–Crippen MR) is 114 cm³/mol. The van der Waals surface area contributed by atoms with Crippen LogP contribution in [0.2, 0.25) is 0 Å². The molecular weight excluding hydrogens is 365 g/mol. The molecule has 0 heterocycles. The zero-order chi connectivity index (χ0) is 19.0. The quantitative estimate of drug-likeness (QED) is 0.270. The van der Waals surface area contributed by atoms with Crippen LogP contribution in [0.1, 0.15) is 78.1 Å². The van der Waals surface area contributed by atoms with Gasteiger partial charge in [0.25, 0.3) is 0 Å². The number of hydrogen-bond donors (Lipinski definition) is 2. The lowest BCUT2D eigenvalue weighted by Gasteiger charge is -2.37. The Morgan fingerprint density at radius 1 is 1.12 bits per heavy atom. The fourth-order valence-electron chi connectivity index (χ4n) is 4.98. The molecule has 2 rings (SSSR count). The third-order valence-electron chi connectivity index (χ3n) is 6.99. The Bertz CT molecular complexity index is 430. The van der Waals surface area contributed by atoms with Crippen LogP contribution in [0.25, 0.3) is 0 Å². The highest BCUT2D eigenvalue weighted by atomic mass is 35.5. The summed E-state index contributed by atoms with van der Waals surface area (Å²) in [6.07, 6.45) is 15.3. The lowest BCUT2D eigenvalue weighted by molar-refractivity contribution is -0.0327. The summed E-state index contributed by atoms with van der Waals surface area (Å²) in [4.78, 5) is 0. The predicted octanol–water partition coefficient (Wildman–Crippen LogP) is 5.89. The second-order valence-electron chi connectivity index (χ2n) is 8.50. The molecule has 2 nitrogen and oxygen atoms in total. The number of aliphatic hydroxyl groups is 1. The van der Waals surface area contributed by atoms with E-state index in [1.807, 2.05) is 0 Å². The van der Waals surface area contributed by atoms with Crippen molar-refractivity contribution >= 4 is 23.2 Å². The average Bonchev–Trinajstić information content (AvgIpc) is 2.67. The minimum atomic E-state index is -0.507. The summed E-state index contributed by atoms with van der Waals surface area (Å²) in [5.41, 5.74) is -0.507. The van der Waals surface area contributed by atoms with Crippen molar-refractivity contribution in [2.75, 3.05) is 13.1 Å². The van der Waals surface area contributed by atoms with Crippen molar-refractivity contribution in [3.8, 4) is 0 Å². The van der Waals surface area contributed by atoms with E-state index in [1.165, 1.54) is 19.3 Å². The van der Waals surface area contributed by atoms with Crippen LogP contribution >= 0.6 is 23.2 Å². The number of nitrogens with one attached hydrogen (secondary N) is 1. The maximum absolute atomic E-state index is 11.1. The molecule has 0 aliphatic heterocycles. The van der Waals surface area contributed by atoms with Crippen LogP contribution in [0.4, 0.5) is 0 Å². The van der Waals surface area contributed by atoms with Gasteiger partial charge in [-0.2, -0.15) is 0 Å². The van der Waals surface area contributed by atoms with Gasteiger partial charge in [-0.1, -0.05) is 32.4 Å². The molecule has 0 aromatic rings. The van der Waals surface area contributed by atoms with E-state index < -0.39 is 5.60 Å². The molecule has 6 unspecified atom stereocenters. The van der Waals surface area contributed by atoms with Crippen LogP contribution in [-0.4, -0.2) is 34.6 Å². The van der Waals surface area contributed by atoms with Crippen molar-refractivity contribution in [3.05, 3.63) is 12.2 Å². The first-order valence-electron chi connectivity index (χ1n) is 10.9. The molecule has 1 fully saturated rings. The summed E-state index contributed by atoms with van der Waals surface area (Å²) in [5, 5.41) is 15.0. The van der Waals surface area contributed by atoms with Crippen molar-refractivity contribution in [2.24, 2.45) is 17.8 Å². The number of alkyl halides is 2. The highest BCUT2D eigenvalue weighted by Gasteiger charge is 2.34. The third kappa shape index (κ3) is 6.40. The topological polar surface area (TPSA) is 32.3 Å². The molecule has 6 atom stereocenters. The third-order valence-corrected chi connectivity index (χ3v) is 8.13. The summed E-state index contributed by atoms with van der Waals surface area (Å²) < 4.78 is 0. The summed E-state index contributed by atoms with van der Waals surface area (Å²) in [6, 6.07) is 0. The largest absolute Gasteiger partial charge is 0.390 e. The number of hydrogen-bond acceptors (Lipinski definition) is 2. The van der Waals surface area contributed by atoms with Crippen LogP contribution in [0, 0.1) is 17.8 Å². The molecule has 0 spiro atoms. The normalized spacial score (nSPS) is 33.0. The Kier molecular flexibility index (Phi) is 9.78. The molecule has 26 heavy (non-hydrogen) atoms. The van der Waals surface area contributed by atoms with Crippen LogP contribution in [-0.2, 0) is 0 Å². The minimum absolute atomic E-state index is 0.140. The molecule has 0 radical (unpaired) electrons. The Labute approximate surface area is 171 Å². The number of allylic oxidation sites excluding steroid dienone is 2. The summed E-state index contributed by atoms with van der Waals surface area (Å²) in [7, 11) is 0. The molecule has 2 aliphatic rings. The number of rotatable bonds is 10. The molecule has 4 heteroatoms. The molecular formula is C22H39Cl2NO. The average molecular weight is 404 g/mol. The molecule has 152 valence electrons. The van der Waals surface area contributed by atoms with Gasteiger partial charge in [0.05, 0.1) is 11.0 Å². The molecule has 1 saturated carbocycles. The molecule has 0 amide bonds. The molecule has 2 N–H and O–H groups in total. The van der Waals surface area contributed by atoms with E-state index in [0.717, 1.165) is 69.9 Å². The van der Waals surface area contributed by atoms with Crippen molar-refractivity contribution in [1.29, 1.82) is 0 Å². The standard InChI is InChI=1S/C22H39Cl2NO/c1-3-17(18-10-11-20(23)21(24)16-18)12-14-25-15-13-22(26,4-2)19-8-6-5-7-9-19/h5-6,17-21,25-26H,3-4,7-16H2,1-2H3. The summed E-state index contributed by atoms with van der Waals surface area (Å²) in [5.74, 6) is 1.89. The maximum Gasteiger partial charge on any atom is 0.0688 e. The lowest BCUT2D eigenvalue weighted by Crippen LogP contribution is -2.41. The highest BCUT2D eigenvalue weighted by molar-refractivity contribution is 6.30. The highest BCUT2D eigenvalue weighted by Crippen LogP contribution is 2.38. The Morgan fingerprint density at radius 2 is 1.92 bits per heavy atom. The Balaban J connectivity index is 1.69. The van der Waals surface area contributed by atoms with Gasteiger partial charge in [-0.25, -0.2) is 0 Å². The number of halogens is 2. The molecule has 0 bridgehead atoms. The van der Waals surface area contributed by atoms with Gasteiger partial charge in [0.1, 0.15) is 0 Å². The van der Waals surface area contributed by atoms with E-state index in [1.54, 1.807) is 0 Å². The van der Waals surface area contributed by atoms with Crippen LogP contribution in [0.15, 0.2) is 12.2 Å². The monoisotopic (exact) mass is 403 g/mol. The molecule has 0 aromatic heterocycles. The summed E-state index contributed by atoms with van der Waals surface area (Å²) in [6.45, 7) is 6.37. The van der Waals surface area contributed by atoms with E-state index in [-0.39, 0.29) is 10.8 Å². The molecule has 2 aliphatic carbocycles. The van der Waals surface area contributed by atoms with Crippen LogP contribution in [0.3, 0.4) is 0 Å². The maximum atomic E-state index is 11.1. The molecule has 0 saturated heterocycles. The SMILES string of the molecule is CCC(CCNCCC(O)(CC)C1CC=CCC1)C1CCC(Cl)C(Cl)C1. The zero-order valence-electron chi connectivity index (χ0n) is 16.7. The van der Waals surface area contributed by atoms with Crippen molar-refractivity contribution < 1.29 is 5.11 Å². The van der Waals surface area contributed by atoms with Crippen molar-refractivity contribution in [2.45, 2.75) is 94.4 Å². The summed E-state index contributed by atoms with van der Waals surface area (Å²) >= 11 is 12.7. The second-order valence-corrected chi connectivity index (χ2v) is 9.62. The van der Waals surface area contributed by atoms with Crippen molar-refractivity contribution in [1.82, 2.24) is 5.32 Å². The van der Waals surface area contributed by atoms with E-state index >= 15 is 0 Å². The lowest BCUT2D eigenvalue weighted by atomic mass is 9.76. The van der Waals surface area contributed by atoms with Crippen molar-refractivity contribution in [3.63, 3.8) is 0 Å². The van der Waals surface area contributed by atoms with E-state index in [4.69, 9.17) is 23.2 Å². The van der Waals surface area contributed by atoms with Gasteiger partial charge < -0.3 is 10.4 Å². The fraction of sp³-hybridized carbons (Fsp3) is 0.909. The van der Waals surface area contributed by atoms with Gasteiger partial charge >= 0.3 is 0 Å². The van der Waals surface area contributed by atoms with Gasteiger partial charge in [-0.3, -0.25) is 0 Å². The first-order chi connectivity index (χ1) is 12.5. The second kappa shape index (κ2) is 11.3. The van der Waals surface area contributed by atoms with Gasteiger partial charge in [-0.05, 0) is 88.6 Å². The van der Waals surface area contributed by atoms with E-state index in [0.29, 0.717) is 5.92 Å². The zero-order valence-corrected chi connectivity index (χ0v) is 18.2. The van der Waals surface area contributed by atoms with Gasteiger partial charge in [0.15, 0.2) is 0 Å². The van der Waals surface area contributed by atoms with Crippen LogP contribution < -0.4 is 5.32 Å². The van der Waals surface area contributed by atoms with Gasteiger partial charge in [0, 0.05) is 5.38 Å². The first-order valence-corrected chi connectivity index (χ1v) is 11.7. The van der Waals surface area contributed by atoms with E-state index in [9.17, 15) is 5.11 Å². The van der Waals surface area contributed by atoms with Gasteiger partial charge in [0.2, 0.25) is 0 Å². The van der Waals surface area contributed by atoms with Gasteiger partial charge in [-0.15, -0.1) is 23.2 Å². The smallest absolute Gasteiger partial charge is 0.0688 e. The fourth-order valence-corrected chi connectivity index (χ4v) is 5.56. The van der Waals surface area contributed by atoms with E-state index in [2.05, 4.69) is 31.3 Å². The first kappa shape index (κ1) is 22.5. The Morgan fingerprint density at radius 3 is 2.54 bits per heavy atom. The minimum Gasteiger partial charge on any atom is -0.390 e.